The molecule has 1 N–H and O–H groups in total. The maximum absolute atomic E-state index is 13.1. The van der Waals surface area contributed by atoms with Crippen LogP contribution >= 0.6 is 0 Å². The molecule has 1 aromatic heterocycles. The van der Waals surface area contributed by atoms with E-state index in [9.17, 15) is 9.18 Å². The summed E-state index contributed by atoms with van der Waals surface area (Å²) in [6.45, 7) is 3.45. The van der Waals surface area contributed by atoms with Crippen molar-refractivity contribution in [1.82, 2.24) is 14.7 Å². The van der Waals surface area contributed by atoms with Gasteiger partial charge in [-0.3, -0.25) is 0 Å². The second-order valence-corrected chi connectivity index (χ2v) is 7.25. The first-order chi connectivity index (χ1) is 13.6. The summed E-state index contributed by atoms with van der Waals surface area (Å²) >= 11 is 0. The first kappa shape index (κ1) is 18.2. The second kappa shape index (κ2) is 7.84. The highest BCUT2D eigenvalue weighted by Crippen LogP contribution is 2.28. The number of carbonyl (C=O) groups is 1. The summed E-state index contributed by atoms with van der Waals surface area (Å²) in [5.41, 5.74) is 3.98. The van der Waals surface area contributed by atoms with Crippen molar-refractivity contribution in [1.29, 1.82) is 0 Å². The maximum atomic E-state index is 13.1. The molecule has 2 amide bonds. The third-order valence-corrected chi connectivity index (χ3v) is 5.25. The van der Waals surface area contributed by atoms with Gasteiger partial charge < -0.3 is 10.2 Å². The molecule has 4 rings (SSSR count). The van der Waals surface area contributed by atoms with Crippen molar-refractivity contribution in [3.8, 4) is 5.69 Å². The van der Waals surface area contributed by atoms with Crippen molar-refractivity contribution in [2.75, 3.05) is 18.4 Å². The lowest BCUT2D eigenvalue weighted by Gasteiger charge is -2.31. The molecule has 1 saturated heterocycles. The topological polar surface area (TPSA) is 50.2 Å². The third-order valence-electron chi connectivity index (χ3n) is 5.25. The number of hydrogen-bond donors (Lipinski definition) is 1. The SMILES string of the molecule is Cc1ccc(NC(=O)N2CCC(c3cnn(-c4ccc(F)cc4)c3)CC2)cc1. The number of aryl methyl sites for hydroxylation is 1. The van der Waals surface area contributed by atoms with E-state index in [1.54, 1.807) is 16.8 Å². The smallest absolute Gasteiger partial charge is 0.321 e. The van der Waals surface area contributed by atoms with Crippen molar-refractivity contribution in [2.24, 2.45) is 0 Å². The summed E-state index contributed by atoms with van der Waals surface area (Å²) in [5.74, 6) is 0.116. The van der Waals surface area contributed by atoms with Gasteiger partial charge in [-0.2, -0.15) is 5.10 Å². The van der Waals surface area contributed by atoms with Crippen molar-refractivity contribution in [3.05, 3.63) is 77.9 Å². The highest BCUT2D eigenvalue weighted by atomic mass is 19.1. The number of halogens is 1. The molecule has 0 spiro atoms. The summed E-state index contributed by atoms with van der Waals surface area (Å²) in [7, 11) is 0. The highest BCUT2D eigenvalue weighted by Gasteiger charge is 2.24. The molecule has 1 aliphatic rings. The summed E-state index contributed by atoms with van der Waals surface area (Å²) in [5, 5.41) is 7.37. The number of likely N-dealkylation sites (tertiary alicyclic amines) is 1. The number of aromatic nitrogens is 2. The summed E-state index contributed by atoms with van der Waals surface area (Å²) in [4.78, 5) is 14.3. The Morgan fingerprint density at radius 1 is 1.07 bits per heavy atom. The third kappa shape index (κ3) is 4.06. The van der Waals surface area contributed by atoms with E-state index in [2.05, 4.69) is 10.4 Å². The minimum absolute atomic E-state index is 0.0516. The quantitative estimate of drug-likeness (QED) is 0.716. The number of carbonyl (C=O) groups excluding carboxylic acids is 1. The fraction of sp³-hybridized carbons (Fsp3) is 0.273. The lowest BCUT2D eigenvalue weighted by atomic mass is 9.92. The zero-order valence-electron chi connectivity index (χ0n) is 15.8. The molecule has 0 saturated carbocycles. The number of rotatable bonds is 3. The molecule has 0 atom stereocenters. The van der Waals surface area contributed by atoms with E-state index in [0.717, 1.165) is 29.8 Å². The van der Waals surface area contributed by atoms with Crippen LogP contribution in [0.5, 0.6) is 0 Å². The maximum Gasteiger partial charge on any atom is 0.321 e. The van der Waals surface area contributed by atoms with Crippen LogP contribution < -0.4 is 5.32 Å². The van der Waals surface area contributed by atoms with Crippen LogP contribution in [0.2, 0.25) is 0 Å². The minimum atomic E-state index is -0.257. The largest absolute Gasteiger partial charge is 0.324 e. The van der Waals surface area contributed by atoms with Crippen molar-refractivity contribution in [2.45, 2.75) is 25.7 Å². The van der Waals surface area contributed by atoms with Gasteiger partial charge in [0, 0.05) is 25.0 Å². The molecule has 1 fully saturated rings. The Bertz CT molecular complexity index is 941. The number of benzene rings is 2. The number of nitrogens with zero attached hydrogens (tertiary/aromatic N) is 3. The van der Waals surface area contributed by atoms with Gasteiger partial charge in [-0.15, -0.1) is 0 Å². The zero-order chi connectivity index (χ0) is 19.5. The van der Waals surface area contributed by atoms with Crippen molar-refractivity contribution >= 4 is 11.7 Å². The molecular formula is C22H23FN4O. The van der Waals surface area contributed by atoms with Crippen LogP contribution in [-0.2, 0) is 0 Å². The Morgan fingerprint density at radius 2 is 1.75 bits per heavy atom. The van der Waals surface area contributed by atoms with Gasteiger partial charge in [0.15, 0.2) is 0 Å². The van der Waals surface area contributed by atoms with Gasteiger partial charge in [-0.25, -0.2) is 13.9 Å². The molecule has 0 aliphatic carbocycles. The molecule has 2 heterocycles. The van der Waals surface area contributed by atoms with Crippen LogP contribution in [0.3, 0.4) is 0 Å². The fourth-order valence-electron chi connectivity index (χ4n) is 3.54. The number of piperidine rings is 1. The van der Waals surface area contributed by atoms with E-state index in [4.69, 9.17) is 0 Å². The van der Waals surface area contributed by atoms with Gasteiger partial charge in [-0.1, -0.05) is 17.7 Å². The van der Waals surface area contributed by atoms with E-state index in [0.29, 0.717) is 19.0 Å². The van der Waals surface area contributed by atoms with Gasteiger partial charge >= 0.3 is 6.03 Å². The normalized spacial score (nSPS) is 14.9. The standard InChI is InChI=1S/C22H23FN4O/c1-16-2-6-20(7-3-16)25-22(28)26-12-10-17(11-13-26)18-14-24-27(15-18)21-8-4-19(23)5-9-21/h2-9,14-15,17H,10-13H2,1H3,(H,25,28). The van der Waals surface area contributed by atoms with E-state index in [1.807, 2.05) is 48.5 Å². The van der Waals surface area contributed by atoms with Crippen LogP contribution in [0.15, 0.2) is 60.9 Å². The van der Waals surface area contributed by atoms with Crippen LogP contribution in [0, 0.1) is 12.7 Å². The fourth-order valence-corrected chi connectivity index (χ4v) is 3.54. The lowest BCUT2D eigenvalue weighted by molar-refractivity contribution is 0.194. The average molecular weight is 378 g/mol. The van der Waals surface area contributed by atoms with E-state index < -0.39 is 0 Å². The Hall–Kier alpha value is -3.15. The molecule has 5 nitrogen and oxygen atoms in total. The number of urea groups is 1. The monoisotopic (exact) mass is 378 g/mol. The molecule has 0 unspecified atom stereocenters. The molecular weight excluding hydrogens is 355 g/mol. The van der Waals surface area contributed by atoms with Gasteiger partial charge in [0.2, 0.25) is 0 Å². The Morgan fingerprint density at radius 3 is 2.43 bits per heavy atom. The molecule has 0 radical (unpaired) electrons. The van der Waals surface area contributed by atoms with Gasteiger partial charge in [0.05, 0.1) is 11.9 Å². The number of hydrogen-bond acceptors (Lipinski definition) is 2. The number of nitrogens with one attached hydrogen (secondary N) is 1. The summed E-state index contributed by atoms with van der Waals surface area (Å²) in [6.07, 6.45) is 5.67. The van der Waals surface area contributed by atoms with Crippen LogP contribution in [-0.4, -0.2) is 33.8 Å². The second-order valence-electron chi connectivity index (χ2n) is 7.25. The molecule has 6 heteroatoms. The Kier molecular flexibility index (Phi) is 5.10. The number of amides is 2. The number of anilines is 1. The van der Waals surface area contributed by atoms with E-state index >= 15 is 0 Å². The van der Waals surface area contributed by atoms with Crippen LogP contribution in [0.4, 0.5) is 14.9 Å². The molecule has 2 aromatic carbocycles. The van der Waals surface area contributed by atoms with Crippen molar-refractivity contribution < 1.29 is 9.18 Å². The Labute approximate surface area is 163 Å². The predicted molar refractivity (Wildman–Crippen MR) is 107 cm³/mol. The molecule has 1 aliphatic heterocycles. The van der Waals surface area contributed by atoms with Crippen LogP contribution in [0.25, 0.3) is 5.69 Å². The average Bonchev–Trinajstić information content (AvgIpc) is 3.20. The first-order valence-corrected chi connectivity index (χ1v) is 9.51. The van der Waals surface area contributed by atoms with Gasteiger partial charge in [-0.05, 0) is 67.6 Å². The van der Waals surface area contributed by atoms with E-state index in [1.165, 1.54) is 17.7 Å². The Balaban J connectivity index is 1.34. The van der Waals surface area contributed by atoms with Crippen molar-refractivity contribution in [3.63, 3.8) is 0 Å². The highest BCUT2D eigenvalue weighted by molar-refractivity contribution is 5.89. The molecule has 144 valence electrons. The summed E-state index contributed by atoms with van der Waals surface area (Å²) < 4.78 is 14.9. The minimum Gasteiger partial charge on any atom is -0.324 e. The van der Waals surface area contributed by atoms with Crippen LogP contribution in [0.1, 0.15) is 29.9 Å². The molecule has 3 aromatic rings. The summed E-state index contributed by atoms with van der Waals surface area (Å²) in [6, 6.07) is 14.1. The molecule has 0 bridgehead atoms. The van der Waals surface area contributed by atoms with E-state index in [-0.39, 0.29) is 11.8 Å². The predicted octanol–water partition coefficient (Wildman–Crippen LogP) is 4.73. The van der Waals surface area contributed by atoms with Gasteiger partial charge in [0.25, 0.3) is 0 Å². The zero-order valence-corrected chi connectivity index (χ0v) is 15.8. The van der Waals surface area contributed by atoms with Gasteiger partial charge in [0.1, 0.15) is 5.82 Å². The molecule has 28 heavy (non-hydrogen) atoms. The first-order valence-electron chi connectivity index (χ1n) is 9.51. The lowest BCUT2D eigenvalue weighted by Crippen LogP contribution is -2.40.